The summed E-state index contributed by atoms with van der Waals surface area (Å²) in [5.74, 6) is -1.66. The van der Waals surface area contributed by atoms with Gasteiger partial charge in [-0.2, -0.15) is 4.31 Å². The number of nitrogens with one attached hydrogen (secondary N) is 2. The van der Waals surface area contributed by atoms with E-state index < -0.39 is 34.0 Å². The highest BCUT2D eigenvalue weighted by Crippen LogP contribution is 2.17. The predicted octanol–water partition coefficient (Wildman–Crippen LogP) is 1.50. The number of nitrogens with zero attached hydrogens (tertiary/aromatic N) is 1. The van der Waals surface area contributed by atoms with Gasteiger partial charge in [-0.25, -0.2) is 18.0 Å². The van der Waals surface area contributed by atoms with E-state index in [4.69, 9.17) is 4.74 Å². The lowest BCUT2D eigenvalue weighted by Crippen LogP contribution is -2.46. The molecule has 0 radical (unpaired) electrons. The highest BCUT2D eigenvalue weighted by Gasteiger charge is 2.25. The molecule has 1 aromatic carbocycles. The average Bonchev–Trinajstić information content (AvgIpc) is 2.61. The summed E-state index contributed by atoms with van der Waals surface area (Å²) in [4.78, 5) is 35.7. The third kappa shape index (κ3) is 6.31. The molecule has 0 aliphatic heterocycles. The molecule has 1 atom stereocenters. The zero-order valence-electron chi connectivity index (χ0n) is 16.7. The van der Waals surface area contributed by atoms with Gasteiger partial charge in [0.25, 0.3) is 5.91 Å². The molecule has 3 amide bonds. The van der Waals surface area contributed by atoms with Crippen molar-refractivity contribution in [2.75, 3.05) is 13.1 Å². The Balaban J connectivity index is 2.88. The van der Waals surface area contributed by atoms with Crippen molar-refractivity contribution in [2.45, 2.75) is 51.7 Å². The maximum Gasteiger partial charge on any atom is 0.338 e. The van der Waals surface area contributed by atoms with Gasteiger partial charge in [-0.05, 0) is 39.0 Å². The number of rotatable bonds is 8. The molecule has 156 valence electrons. The Hall–Kier alpha value is -2.46. The molecule has 0 fully saturated rings. The summed E-state index contributed by atoms with van der Waals surface area (Å²) in [5, 5.41) is 4.54. The molecule has 0 aliphatic carbocycles. The summed E-state index contributed by atoms with van der Waals surface area (Å²) in [7, 11) is -3.74. The summed E-state index contributed by atoms with van der Waals surface area (Å²) in [5.41, 5.74) is -0.0143. The summed E-state index contributed by atoms with van der Waals surface area (Å²) < 4.78 is 31.5. The molecular weight excluding hydrogens is 386 g/mol. The van der Waals surface area contributed by atoms with Gasteiger partial charge in [-0.1, -0.05) is 19.9 Å². The minimum Gasteiger partial charge on any atom is -0.449 e. The second-order valence-corrected chi connectivity index (χ2v) is 8.22. The van der Waals surface area contributed by atoms with Crippen LogP contribution in [0.1, 0.15) is 45.0 Å². The van der Waals surface area contributed by atoms with Crippen LogP contribution in [-0.2, 0) is 19.6 Å². The van der Waals surface area contributed by atoms with Gasteiger partial charge in [-0.3, -0.25) is 10.1 Å². The van der Waals surface area contributed by atoms with Crippen LogP contribution in [0.4, 0.5) is 4.79 Å². The molecule has 1 rings (SSSR count). The monoisotopic (exact) mass is 413 g/mol. The lowest BCUT2D eigenvalue weighted by atomic mass is 10.2. The van der Waals surface area contributed by atoms with Crippen LogP contribution in [0.5, 0.6) is 0 Å². The number of amides is 3. The van der Waals surface area contributed by atoms with E-state index in [0.29, 0.717) is 13.1 Å². The number of esters is 1. The smallest absolute Gasteiger partial charge is 0.338 e. The number of carbonyl (C=O) groups is 3. The number of hydrogen-bond acceptors (Lipinski definition) is 6. The molecule has 2 N–H and O–H groups in total. The maximum absolute atomic E-state index is 12.6. The van der Waals surface area contributed by atoms with Crippen LogP contribution in [0, 0.1) is 0 Å². The van der Waals surface area contributed by atoms with Crippen molar-refractivity contribution < 1.29 is 27.5 Å². The van der Waals surface area contributed by atoms with Gasteiger partial charge in [-0.15, -0.1) is 0 Å². The molecule has 0 aromatic heterocycles. The van der Waals surface area contributed by atoms with Crippen molar-refractivity contribution in [3.05, 3.63) is 29.8 Å². The first kappa shape index (κ1) is 23.6. The molecule has 1 aromatic rings. The van der Waals surface area contributed by atoms with E-state index in [1.807, 2.05) is 0 Å². The zero-order valence-corrected chi connectivity index (χ0v) is 17.5. The third-order valence-corrected chi connectivity index (χ3v) is 5.77. The summed E-state index contributed by atoms with van der Waals surface area (Å²) >= 11 is 0. The van der Waals surface area contributed by atoms with Gasteiger partial charge < -0.3 is 10.1 Å². The maximum atomic E-state index is 12.6. The number of hydrogen-bond donors (Lipinski definition) is 2. The van der Waals surface area contributed by atoms with Gasteiger partial charge in [0.1, 0.15) is 0 Å². The predicted molar refractivity (Wildman–Crippen MR) is 103 cm³/mol. The van der Waals surface area contributed by atoms with Crippen molar-refractivity contribution in [1.29, 1.82) is 0 Å². The minimum absolute atomic E-state index is 0.0143. The molecule has 0 heterocycles. The quantitative estimate of drug-likeness (QED) is 0.623. The van der Waals surface area contributed by atoms with Crippen LogP contribution in [0.3, 0.4) is 0 Å². The standard InChI is InChI=1S/C18H27N3O6S/c1-6-21(7-2)28(25,26)15-10-8-9-14(11-15)17(23)27-13(5)16(22)20-18(24)19-12(3)4/h8-13H,6-7H2,1-5H3,(H2,19,20,22,24). The van der Waals surface area contributed by atoms with Gasteiger partial charge >= 0.3 is 12.0 Å². The van der Waals surface area contributed by atoms with E-state index >= 15 is 0 Å². The second-order valence-electron chi connectivity index (χ2n) is 6.28. The average molecular weight is 413 g/mol. The minimum atomic E-state index is -3.74. The van der Waals surface area contributed by atoms with Crippen molar-refractivity contribution in [3.63, 3.8) is 0 Å². The fourth-order valence-corrected chi connectivity index (χ4v) is 3.79. The first-order chi connectivity index (χ1) is 13.0. The number of sulfonamides is 1. The van der Waals surface area contributed by atoms with E-state index in [1.54, 1.807) is 27.7 Å². The molecule has 0 saturated carbocycles. The number of urea groups is 1. The van der Waals surface area contributed by atoms with Crippen LogP contribution in [0.2, 0.25) is 0 Å². The third-order valence-electron chi connectivity index (χ3n) is 3.72. The topological polar surface area (TPSA) is 122 Å². The molecule has 1 unspecified atom stereocenters. The van der Waals surface area contributed by atoms with Crippen LogP contribution in [0.25, 0.3) is 0 Å². The first-order valence-corrected chi connectivity index (χ1v) is 10.4. The summed E-state index contributed by atoms with van der Waals surface area (Å²) in [6.45, 7) is 8.79. The van der Waals surface area contributed by atoms with Crippen LogP contribution in [0.15, 0.2) is 29.2 Å². The molecule has 9 nitrogen and oxygen atoms in total. The fraction of sp³-hybridized carbons (Fsp3) is 0.500. The van der Waals surface area contributed by atoms with Gasteiger partial charge in [0.15, 0.2) is 6.10 Å². The van der Waals surface area contributed by atoms with E-state index in [2.05, 4.69) is 10.6 Å². The lowest BCUT2D eigenvalue weighted by molar-refractivity contribution is -0.127. The Morgan fingerprint density at radius 2 is 1.71 bits per heavy atom. The number of carbonyl (C=O) groups excluding carboxylic acids is 3. The van der Waals surface area contributed by atoms with Gasteiger partial charge in [0, 0.05) is 19.1 Å². The molecule has 0 saturated heterocycles. The Morgan fingerprint density at radius 3 is 2.25 bits per heavy atom. The molecule has 0 spiro atoms. The van der Waals surface area contributed by atoms with Crippen LogP contribution in [-0.4, -0.2) is 55.9 Å². The number of ether oxygens (including phenoxy) is 1. The summed E-state index contributed by atoms with van der Waals surface area (Å²) in [6.07, 6.45) is -1.24. The van der Waals surface area contributed by atoms with Crippen molar-refractivity contribution >= 4 is 27.9 Å². The second kappa shape index (κ2) is 10.2. The van der Waals surface area contributed by atoms with Crippen molar-refractivity contribution in [1.82, 2.24) is 14.9 Å². The van der Waals surface area contributed by atoms with E-state index in [9.17, 15) is 22.8 Å². The Kier molecular flexibility index (Phi) is 8.58. The Bertz CT molecular complexity index is 818. The SMILES string of the molecule is CCN(CC)S(=O)(=O)c1cccc(C(=O)OC(C)C(=O)NC(=O)NC(C)C)c1. The van der Waals surface area contributed by atoms with Crippen molar-refractivity contribution in [3.8, 4) is 0 Å². The molecule has 0 bridgehead atoms. The first-order valence-electron chi connectivity index (χ1n) is 8.95. The van der Waals surface area contributed by atoms with Crippen LogP contribution >= 0.6 is 0 Å². The molecule has 28 heavy (non-hydrogen) atoms. The molecule has 0 aliphatic rings. The molecular formula is C18H27N3O6S. The molecule has 10 heteroatoms. The van der Waals surface area contributed by atoms with Gasteiger partial charge in [0.05, 0.1) is 10.5 Å². The Labute approximate surface area is 165 Å². The Morgan fingerprint density at radius 1 is 1.11 bits per heavy atom. The van der Waals surface area contributed by atoms with E-state index in [1.165, 1.54) is 35.5 Å². The van der Waals surface area contributed by atoms with E-state index in [0.717, 1.165) is 0 Å². The van der Waals surface area contributed by atoms with Gasteiger partial charge in [0.2, 0.25) is 10.0 Å². The normalized spacial score (nSPS) is 12.5. The highest BCUT2D eigenvalue weighted by molar-refractivity contribution is 7.89. The van der Waals surface area contributed by atoms with Crippen molar-refractivity contribution in [2.24, 2.45) is 0 Å². The van der Waals surface area contributed by atoms with Crippen LogP contribution < -0.4 is 10.6 Å². The van der Waals surface area contributed by atoms with E-state index in [-0.39, 0.29) is 16.5 Å². The largest absolute Gasteiger partial charge is 0.449 e. The summed E-state index contributed by atoms with van der Waals surface area (Å²) in [6, 6.07) is 4.53. The number of imide groups is 1. The lowest BCUT2D eigenvalue weighted by Gasteiger charge is -2.19. The zero-order chi connectivity index (χ0) is 21.5. The number of benzene rings is 1. The highest BCUT2D eigenvalue weighted by atomic mass is 32.2. The fourth-order valence-electron chi connectivity index (χ4n) is 2.29.